The van der Waals surface area contributed by atoms with Gasteiger partial charge in [0.25, 0.3) is 5.91 Å². The summed E-state index contributed by atoms with van der Waals surface area (Å²) in [6, 6.07) is 3.76. The molecule has 2 heterocycles. The van der Waals surface area contributed by atoms with Crippen LogP contribution in [0.15, 0.2) is 12.1 Å². The summed E-state index contributed by atoms with van der Waals surface area (Å²) in [6.07, 6.45) is 3.97. The summed E-state index contributed by atoms with van der Waals surface area (Å²) in [5, 5.41) is 8.70. The van der Waals surface area contributed by atoms with Crippen LogP contribution < -0.4 is 0 Å². The number of rotatable bonds is 3. The second kappa shape index (κ2) is 7.47. The van der Waals surface area contributed by atoms with Crippen LogP contribution in [0.4, 0.5) is 0 Å². The number of hydrogen-bond acceptors (Lipinski definition) is 3. The molecule has 4 heteroatoms. The zero-order valence-electron chi connectivity index (χ0n) is 11.9. The first kappa shape index (κ1) is 15.1. The number of hydrogen-bond donors (Lipinski definition) is 1. The Balaban J connectivity index is 2.01. The summed E-state index contributed by atoms with van der Waals surface area (Å²) in [6.45, 7) is 4.03. The fourth-order valence-corrected chi connectivity index (χ4v) is 3.31. The highest BCUT2D eigenvalue weighted by Crippen LogP contribution is 2.23. The number of nitrogens with zero attached hydrogens (tertiary/aromatic N) is 1. The zero-order valence-corrected chi connectivity index (χ0v) is 12.7. The van der Waals surface area contributed by atoms with Gasteiger partial charge < -0.3 is 10.0 Å². The van der Waals surface area contributed by atoms with Crippen molar-refractivity contribution in [1.82, 2.24) is 4.90 Å². The van der Waals surface area contributed by atoms with Crippen LogP contribution in [0.3, 0.4) is 0 Å². The Labute approximate surface area is 124 Å². The van der Waals surface area contributed by atoms with Crippen molar-refractivity contribution in [2.24, 2.45) is 5.92 Å². The average molecular weight is 291 g/mol. The highest BCUT2D eigenvalue weighted by Gasteiger charge is 2.24. The number of carbonyl (C=O) groups is 1. The number of aliphatic hydroxyl groups is 1. The molecule has 0 bridgehead atoms. The molecule has 1 fully saturated rings. The summed E-state index contributed by atoms with van der Waals surface area (Å²) < 4.78 is 0. The van der Waals surface area contributed by atoms with Gasteiger partial charge >= 0.3 is 0 Å². The standard InChI is InChI=1S/C16H21NO2S/c1-2-13-6-5-10-17(12-13)16(19)15-9-8-14(20-15)7-3-4-11-18/h8-9,13,18H,2,4-6,10-12H2,1H3. The molecule has 0 radical (unpaired) electrons. The fourth-order valence-electron chi connectivity index (χ4n) is 2.46. The fraction of sp³-hybridized carbons (Fsp3) is 0.562. The molecule has 3 nitrogen and oxygen atoms in total. The van der Waals surface area contributed by atoms with E-state index in [1.165, 1.54) is 17.8 Å². The Morgan fingerprint density at radius 2 is 2.40 bits per heavy atom. The lowest BCUT2D eigenvalue weighted by atomic mass is 9.95. The van der Waals surface area contributed by atoms with E-state index in [-0.39, 0.29) is 12.5 Å². The third kappa shape index (κ3) is 3.84. The molecule has 1 saturated heterocycles. The van der Waals surface area contributed by atoms with Crippen LogP contribution in [-0.4, -0.2) is 35.6 Å². The van der Waals surface area contributed by atoms with Crippen molar-refractivity contribution in [1.29, 1.82) is 0 Å². The van der Waals surface area contributed by atoms with Gasteiger partial charge in [0.1, 0.15) is 0 Å². The Morgan fingerprint density at radius 1 is 1.55 bits per heavy atom. The number of amides is 1. The van der Waals surface area contributed by atoms with E-state index in [0.29, 0.717) is 12.3 Å². The van der Waals surface area contributed by atoms with Crippen molar-refractivity contribution in [3.8, 4) is 11.8 Å². The molecule has 0 saturated carbocycles. The van der Waals surface area contributed by atoms with E-state index in [4.69, 9.17) is 5.11 Å². The van der Waals surface area contributed by atoms with Gasteiger partial charge in [-0.2, -0.15) is 0 Å². The largest absolute Gasteiger partial charge is 0.395 e. The lowest BCUT2D eigenvalue weighted by Crippen LogP contribution is -2.39. The molecular formula is C16H21NO2S. The van der Waals surface area contributed by atoms with E-state index in [1.54, 1.807) is 0 Å². The molecule has 1 atom stereocenters. The van der Waals surface area contributed by atoms with E-state index in [1.807, 2.05) is 17.0 Å². The quantitative estimate of drug-likeness (QED) is 0.870. The van der Waals surface area contributed by atoms with Gasteiger partial charge in [-0.15, -0.1) is 11.3 Å². The van der Waals surface area contributed by atoms with Gasteiger partial charge in [0.15, 0.2) is 0 Å². The van der Waals surface area contributed by atoms with Crippen molar-refractivity contribution in [3.05, 3.63) is 21.9 Å². The lowest BCUT2D eigenvalue weighted by molar-refractivity contribution is 0.0676. The maximum absolute atomic E-state index is 12.5. The van der Waals surface area contributed by atoms with E-state index < -0.39 is 0 Å². The van der Waals surface area contributed by atoms with Gasteiger partial charge in [-0.25, -0.2) is 0 Å². The van der Waals surface area contributed by atoms with E-state index in [0.717, 1.165) is 35.7 Å². The van der Waals surface area contributed by atoms with Gasteiger partial charge in [0, 0.05) is 19.5 Å². The smallest absolute Gasteiger partial charge is 0.263 e. The normalized spacial score (nSPS) is 18.5. The molecule has 108 valence electrons. The number of thiophene rings is 1. The van der Waals surface area contributed by atoms with Crippen LogP contribution in [0.1, 0.15) is 47.2 Å². The summed E-state index contributed by atoms with van der Waals surface area (Å²) in [7, 11) is 0. The summed E-state index contributed by atoms with van der Waals surface area (Å²) in [5.41, 5.74) is 0. The molecule has 0 aliphatic carbocycles. The number of piperidine rings is 1. The second-order valence-corrected chi connectivity index (χ2v) is 6.19. The molecule has 1 aliphatic heterocycles. The summed E-state index contributed by atoms with van der Waals surface area (Å²) >= 11 is 1.45. The summed E-state index contributed by atoms with van der Waals surface area (Å²) in [5.74, 6) is 6.66. The second-order valence-electron chi connectivity index (χ2n) is 5.11. The van der Waals surface area contributed by atoms with Crippen molar-refractivity contribution in [2.75, 3.05) is 19.7 Å². The maximum atomic E-state index is 12.5. The average Bonchev–Trinajstić information content (AvgIpc) is 2.95. The minimum Gasteiger partial charge on any atom is -0.395 e. The van der Waals surface area contributed by atoms with Crippen LogP contribution in [0.2, 0.25) is 0 Å². The molecule has 1 aromatic rings. The third-order valence-corrected chi connectivity index (χ3v) is 4.64. The van der Waals surface area contributed by atoms with Crippen molar-refractivity contribution >= 4 is 17.2 Å². The molecule has 20 heavy (non-hydrogen) atoms. The highest BCUT2D eigenvalue weighted by molar-refractivity contribution is 7.14. The highest BCUT2D eigenvalue weighted by atomic mass is 32.1. The van der Waals surface area contributed by atoms with Gasteiger partial charge in [0.05, 0.1) is 16.4 Å². The van der Waals surface area contributed by atoms with Crippen molar-refractivity contribution < 1.29 is 9.90 Å². The minimum absolute atomic E-state index is 0.0797. The number of likely N-dealkylation sites (tertiary alicyclic amines) is 1. The van der Waals surface area contributed by atoms with Gasteiger partial charge in [0.2, 0.25) is 0 Å². The third-order valence-electron chi connectivity index (χ3n) is 3.65. The van der Waals surface area contributed by atoms with E-state index >= 15 is 0 Å². The molecule has 1 aromatic heterocycles. The number of aliphatic hydroxyl groups excluding tert-OH is 1. The first-order valence-corrected chi connectivity index (χ1v) is 8.05. The molecule has 0 spiro atoms. The monoisotopic (exact) mass is 291 g/mol. The molecule has 1 amide bonds. The van der Waals surface area contributed by atoms with E-state index in [2.05, 4.69) is 18.8 Å². The topological polar surface area (TPSA) is 40.5 Å². The first-order valence-electron chi connectivity index (χ1n) is 7.23. The summed E-state index contributed by atoms with van der Waals surface area (Å²) in [4.78, 5) is 16.1. The predicted octanol–water partition coefficient (Wildman–Crippen LogP) is 2.74. The van der Waals surface area contributed by atoms with Crippen LogP contribution in [0.5, 0.6) is 0 Å². The van der Waals surface area contributed by atoms with Crippen molar-refractivity contribution in [2.45, 2.75) is 32.6 Å². The Hall–Kier alpha value is -1.31. The molecule has 1 unspecified atom stereocenters. The molecule has 1 aliphatic rings. The molecular weight excluding hydrogens is 270 g/mol. The molecule has 2 rings (SSSR count). The minimum atomic E-state index is 0.0797. The van der Waals surface area contributed by atoms with Gasteiger partial charge in [-0.3, -0.25) is 4.79 Å². The van der Waals surface area contributed by atoms with Crippen LogP contribution >= 0.6 is 11.3 Å². The SMILES string of the molecule is CCC1CCCN(C(=O)c2ccc(C#CCCO)s2)C1. The maximum Gasteiger partial charge on any atom is 0.263 e. The lowest BCUT2D eigenvalue weighted by Gasteiger charge is -2.32. The van der Waals surface area contributed by atoms with Gasteiger partial charge in [-0.05, 0) is 30.9 Å². The zero-order chi connectivity index (χ0) is 14.4. The van der Waals surface area contributed by atoms with Crippen LogP contribution in [0, 0.1) is 17.8 Å². The van der Waals surface area contributed by atoms with Crippen molar-refractivity contribution in [3.63, 3.8) is 0 Å². The molecule has 0 aromatic carbocycles. The van der Waals surface area contributed by atoms with Crippen LogP contribution in [0.25, 0.3) is 0 Å². The van der Waals surface area contributed by atoms with Gasteiger partial charge in [-0.1, -0.05) is 25.2 Å². The first-order chi connectivity index (χ1) is 9.74. The molecule has 1 N–H and O–H groups in total. The predicted molar refractivity (Wildman–Crippen MR) is 81.8 cm³/mol. The number of carbonyl (C=O) groups excluding carboxylic acids is 1. The van der Waals surface area contributed by atoms with E-state index in [9.17, 15) is 4.79 Å². The van der Waals surface area contributed by atoms with Crippen LogP contribution in [-0.2, 0) is 0 Å². The Kier molecular flexibility index (Phi) is 5.63. The Morgan fingerprint density at radius 3 is 3.15 bits per heavy atom. The Bertz CT molecular complexity index is 512.